The van der Waals surface area contributed by atoms with Crippen molar-refractivity contribution in [2.75, 3.05) is 0 Å². The Kier molecular flexibility index (Phi) is 2.96. The smallest absolute Gasteiger partial charge is 0.119 e. The summed E-state index contributed by atoms with van der Waals surface area (Å²) in [7, 11) is 0. The van der Waals surface area contributed by atoms with Gasteiger partial charge in [-0.05, 0) is 25.5 Å². The zero-order valence-corrected chi connectivity index (χ0v) is 6.95. The normalized spacial score (nSPS) is 12.5. The summed E-state index contributed by atoms with van der Waals surface area (Å²) in [6.07, 6.45) is 2.21. The van der Waals surface area contributed by atoms with E-state index in [1.54, 1.807) is 0 Å². The Hall–Kier alpha value is -0.980. The summed E-state index contributed by atoms with van der Waals surface area (Å²) >= 11 is 0. The Morgan fingerprint density at radius 3 is 2.45 bits per heavy atom. The first kappa shape index (κ1) is 8.12. The van der Waals surface area contributed by atoms with Crippen LogP contribution in [-0.4, -0.2) is 6.10 Å². The number of para-hydroxylation sites is 1. The van der Waals surface area contributed by atoms with Crippen LogP contribution in [0.25, 0.3) is 0 Å². The highest BCUT2D eigenvalue weighted by Gasteiger charge is 1.98. The van der Waals surface area contributed by atoms with Gasteiger partial charge in [0.05, 0.1) is 6.10 Å². The monoisotopic (exact) mass is 149 g/mol. The molecule has 1 aromatic rings. The van der Waals surface area contributed by atoms with Gasteiger partial charge in [-0.25, -0.2) is 0 Å². The van der Waals surface area contributed by atoms with Crippen LogP contribution in [0.5, 0.6) is 5.75 Å². The van der Waals surface area contributed by atoms with Gasteiger partial charge in [0.2, 0.25) is 0 Å². The molecule has 1 nitrogen and oxygen atoms in total. The molecule has 0 aliphatic rings. The molecule has 0 N–H and O–H groups in total. The van der Waals surface area contributed by atoms with E-state index in [0.717, 1.165) is 5.75 Å². The van der Waals surface area contributed by atoms with Crippen molar-refractivity contribution in [3.05, 3.63) is 36.8 Å². The van der Waals surface area contributed by atoms with Crippen LogP contribution in [0.4, 0.5) is 0 Å². The predicted octanol–water partition coefficient (Wildman–Crippen LogP) is 2.68. The fourth-order valence-electron chi connectivity index (χ4n) is 0.782. The first-order chi connectivity index (χ1) is 5.33. The van der Waals surface area contributed by atoms with Gasteiger partial charge in [0.15, 0.2) is 0 Å². The van der Waals surface area contributed by atoms with E-state index >= 15 is 0 Å². The van der Waals surface area contributed by atoms with Gasteiger partial charge in [0, 0.05) is 0 Å². The molecule has 0 fully saturated rings. The highest BCUT2D eigenvalue weighted by atomic mass is 16.5. The Morgan fingerprint density at radius 1 is 1.27 bits per heavy atom. The van der Waals surface area contributed by atoms with E-state index in [0.29, 0.717) is 0 Å². The largest absolute Gasteiger partial charge is 0.490 e. The predicted molar refractivity (Wildman–Crippen MR) is 46.5 cm³/mol. The summed E-state index contributed by atoms with van der Waals surface area (Å²) in [6, 6.07) is 9.84. The van der Waals surface area contributed by atoms with Crippen molar-refractivity contribution in [3.63, 3.8) is 0 Å². The van der Waals surface area contributed by atoms with Crippen molar-refractivity contribution in [2.24, 2.45) is 0 Å². The summed E-state index contributed by atoms with van der Waals surface area (Å²) in [5.41, 5.74) is 0. The number of rotatable bonds is 3. The molecule has 1 heteroatoms. The van der Waals surface area contributed by atoms with Gasteiger partial charge < -0.3 is 4.74 Å². The standard InChI is InChI=1S/C10H13O/c1-3-9(2)11-10-7-5-4-6-8-10/h3-9H,1-2H3. The summed E-state index contributed by atoms with van der Waals surface area (Å²) in [6.45, 7) is 4.01. The summed E-state index contributed by atoms with van der Waals surface area (Å²) in [5.74, 6) is 0.929. The average Bonchev–Trinajstić information content (AvgIpc) is 2.06. The number of ether oxygens (including phenoxy) is 1. The fraction of sp³-hybridized carbons (Fsp3) is 0.300. The van der Waals surface area contributed by atoms with Crippen LogP contribution in [0.3, 0.4) is 0 Å². The fourth-order valence-corrected chi connectivity index (χ4v) is 0.782. The molecule has 1 rings (SSSR count). The quantitative estimate of drug-likeness (QED) is 0.642. The van der Waals surface area contributed by atoms with Crippen LogP contribution >= 0.6 is 0 Å². The summed E-state index contributed by atoms with van der Waals surface area (Å²) < 4.78 is 5.51. The van der Waals surface area contributed by atoms with Gasteiger partial charge in [0.1, 0.15) is 5.75 Å². The second-order valence-corrected chi connectivity index (χ2v) is 2.47. The molecule has 0 aliphatic heterocycles. The van der Waals surface area contributed by atoms with Crippen LogP contribution in [0.2, 0.25) is 0 Å². The van der Waals surface area contributed by atoms with Crippen molar-refractivity contribution in [1.82, 2.24) is 0 Å². The molecule has 1 radical (unpaired) electrons. The lowest BCUT2D eigenvalue weighted by atomic mass is 10.3. The average molecular weight is 149 g/mol. The minimum absolute atomic E-state index is 0.192. The Labute approximate surface area is 68.0 Å². The third-order valence-corrected chi connectivity index (χ3v) is 1.53. The highest BCUT2D eigenvalue weighted by molar-refractivity contribution is 5.21. The minimum atomic E-state index is 0.192. The van der Waals surface area contributed by atoms with E-state index in [2.05, 4.69) is 0 Å². The van der Waals surface area contributed by atoms with Crippen molar-refractivity contribution in [3.8, 4) is 5.75 Å². The van der Waals surface area contributed by atoms with Crippen LogP contribution in [0.1, 0.15) is 13.8 Å². The topological polar surface area (TPSA) is 9.23 Å². The van der Waals surface area contributed by atoms with E-state index in [4.69, 9.17) is 4.74 Å². The molecule has 0 aliphatic carbocycles. The van der Waals surface area contributed by atoms with Gasteiger partial charge in [-0.15, -0.1) is 0 Å². The van der Waals surface area contributed by atoms with E-state index < -0.39 is 0 Å². The SMILES string of the molecule is C[CH]C(C)Oc1ccccc1. The lowest BCUT2D eigenvalue weighted by Gasteiger charge is -2.11. The molecule has 1 unspecified atom stereocenters. The molecular weight excluding hydrogens is 136 g/mol. The molecule has 0 heterocycles. The Balaban J connectivity index is 2.51. The molecule has 11 heavy (non-hydrogen) atoms. The van der Waals surface area contributed by atoms with Crippen molar-refractivity contribution in [2.45, 2.75) is 20.0 Å². The van der Waals surface area contributed by atoms with E-state index in [1.165, 1.54) is 0 Å². The summed E-state index contributed by atoms with van der Waals surface area (Å²) in [5, 5.41) is 0. The molecule has 0 amide bonds. The molecule has 0 saturated carbocycles. The maximum Gasteiger partial charge on any atom is 0.119 e. The van der Waals surface area contributed by atoms with Crippen LogP contribution < -0.4 is 4.74 Å². The highest BCUT2D eigenvalue weighted by Crippen LogP contribution is 2.11. The van der Waals surface area contributed by atoms with Crippen molar-refractivity contribution in [1.29, 1.82) is 0 Å². The number of benzene rings is 1. The molecular formula is C10H13O. The Bertz CT molecular complexity index is 193. The minimum Gasteiger partial charge on any atom is -0.490 e. The number of hydrogen-bond acceptors (Lipinski definition) is 1. The molecule has 0 aromatic heterocycles. The maximum atomic E-state index is 5.51. The number of hydrogen-bond donors (Lipinski definition) is 0. The van der Waals surface area contributed by atoms with E-state index in [-0.39, 0.29) is 6.10 Å². The van der Waals surface area contributed by atoms with Crippen LogP contribution in [0.15, 0.2) is 30.3 Å². The third-order valence-electron chi connectivity index (χ3n) is 1.53. The van der Waals surface area contributed by atoms with Crippen LogP contribution in [0, 0.1) is 6.42 Å². The molecule has 0 spiro atoms. The molecule has 0 bridgehead atoms. The van der Waals surface area contributed by atoms with Gasteiger partial charge in [-0.2, -0.15) is 0 Å². The van der Waals surface area contributed by atoms with Gasteiger partial charge >= 0.3 is 0 Å². The lowest BCUT2D eigenvalue weighted by molar-refractivity contribution is 0.254. The molecule has 1 atom stereocenters. The molecule has 1 aromatic carbocycles. The zero-order valence-electron chi connectivity index (χ0n) is 6.95. The van der Waals surface area contributed by atoms with E-state index in [9.17, 15) is 0 Å². The zero-order chi connectivity index (χ0) is 8.10. The second kappa shape index (κ2) is 4.02. The van der Waals surface area contributed by atoms with Crippen molar-refractivity contribution >= 4 is 0 Å². The van der Waals surface area contributed by atoms with Gasteiger partial charge in [0.25, 0.3) is 0 Å². The first-order valence-electron chi connectivity index (χ1n) is 3.84. The first-order valence-corrected chi connectivity index (χ1v) is 3.84. The molecule has 59 valence electrons. The summed E-state index contributed by atoms with van der Waals surface area (Å²) in [4.78, 5) is 0. The van der Waals surface area contributed by atoms with Crippen molar-refractivity contribution < 1.29 is 4.74 Å². The van der Waals surface area contributed by atoms with E-state index in [1.807, 2.05) is 50.6 Å². The van der Waals surface area contributed by atoms with Crippen LogP contribution in [-0.2, 0) is 0 Å². The van der Waals surface area contributed by atoms with Gasteiger partial charge in [-0.1, -0.05) is 25.1 Å². The third kappa shape index (κ3) is 2.62. The maximum absolute atomic E-state index is 5.51. The lowest BCUT2D eigenvalue weighted by Crippen LogP contribution is -2.09. The van der Waals surface area contributed by atoms with Gasteiger partial charge in [-0.3, -0.25) is 0 Å². The second-order valence-electron chi connectivity index (χ2n) is 2.47. The molecule has 0 saturated heterocycles. The Morgan fingerprint density at radius 2 is 1.91 bits per heavy atom.